The Hall–Kier alpha value is -6.38. The van der Waals surface area contributed by atoms with Gasteiger partial charge in [0.25, 0.3) is 11.8 Å². The average Bonchev–Trinajstić information content (AvgIpc) is 1.39. The molecular weight excluding hydrogens is 1220 g/mol. The van der Waals surface area contributed by atoms with Crippen LogP contribution in [0.25, 0.3) is 11.1 Å². The number of benzene rings is 4. The van der Waals surface area contributed by atoms with Crippen LogP contribution in [0.2, 0.25) is 10.0 Å². The van der Waals surface area contributed by atoms with Crippen molar-refractivity contribution in [2.45, 2.75) is 104 Å². The molecule has 2 N–H and O–H groups in total. The molecule has 2 atom stereocenters. The average molecular weight is 1300 g/mol. The number of halogens is 2. The topological polar surface area (TPSA) is 255 Å². The molecular formula is C60H72Cl2N8O12S4. The van der Waals surface area contributed by atoms with Gasteiger partial charge >= 0.3 is 0 Å². The highest BCUT2D eigenvalue weighted by molar-refractivity contribution is 7.92. The van der Waals surface area contributed by atoms with E-state index in [0.29, 0.717) is 92.6 Å². The number of ether oxygens (including phenoxy) is 4. The van der Waals surface area contributed by atoms with Gasteiger partial charge < -0.3 is 18.9 Å². The lowest BCUT2D eigenvalue weighted by Crippen LogP contribution is -2.50. The Kier molecular flexibility index (Phi) is 21.5. The number of hydrogen-bond donors (Lipinski definition) is 2. The van der Waals surface area contributed by atoms with Crippen molar-refractivity contribution < 1.29 is 53.8 Å². The van der Waals surface area contributed by atoms with E-state index in [9.17, 15) is 34.8 Å². The highest BCUT2D eigenvalue weighted by Crippen LogP contribution is 2.39. The summed E-state index contributed by atoms with van der Waals surface area (Å²) in [7, 11) is -12.5. The number of pyridine rings is 2. The van der Waals surface area contributed by atoms with E-state index in [2.05, 4.69) is 28.1 Å². The fraction of sp³-hybridized carbons (Fsp3) is 0.400. The van der Waals surface area contributed by atoms with E-state index in [1.54, 1.807) is 48.8 Å². The van der Waals surface area contributed by atoms with Gasteiger partial charge in [-0.25, -0.2) is 25.3 Å². The molecule has 0 radical (unpaired) electrons. The molecule has 0 unspecified atom stereocenters. The predicted octanol–water partition coefficient (Wildman–Crippen LogP) is 9.96. The van der Waals surface area contributed by atoms with Crippen molar-refractivity contribution in [3.05, 3.63) is 152 Å². The number of sulfonamides is 2. The summed E-state index contributed by atoms with van der Waals surface area (Å²) in [6, 6.07) is 20.9. The highest BCUT2D eigenvalue weighted by atomic mass is 35.5. The van der Waals surface area contributed by atoms with E-state index in [0.717, 1.165) is 71.6 Å². The predicted molar refractivity (Wildman–Crippen MR) is 336 cm³/mol. The Bertz CT molecular complexity index is 3750. The first-order valence-corrected chi connectivity index (χ1v) is 36.8. The molecule has 2 saturated heterocycles. The molecule has 0 saturated carbocycles. The lowest BCUT2D eigenvalue weighted by molar-refractivity contribution is -0.126. The second-order valence-electron chi connectivity index (χ2n) is 22.2. The number of amides is 2. The summed E-state index contributed by atoms with van der Waals surface area (Å²) in [6.45, 7) is 5.89. The van der Waals surface area contributed by atoms with Crippen LogP contribution in [-0.2, 0) is 88.6 Å². The van der Waals surface area contributed by atoms with Crippen molar-refractivity contribution in [3.8, 4) is 34.1 Å². The van der Waals surface area contributed by atoms with Gasteiger partial charge in [-0.1, -0.05) is 72.4 Å². The second-order valence-corrected chi connectivity index (χ2v) is 31.6. The lowest BCUT2D eigenvalue weighted by atomic mass is 9.92. The van der Waals surface area contributed by atoms with Gasteiger partial charge in [-0.05, 0) is 110 Å². The van der Waals surface area contributed by atoms with Crippen LogP contribution in [0.3, 0.4) is 0 Å². The Morgan fingerprint density at radius 3 is 1.28 bits per heavy atom. The standard InChI is InChI=1S/C60H72Cl2N8O12S4/c1-39-43(37-81-57-27-55(79-35-41-23-47(31-63-29-41)65-83(3,4)73)45(25-51(57)61)33-69-21-11-9-19-53(69)59(71)67-85(7,75)76)15-13-17-49(39)50-18-14-16-44(40(50)2)38-82-58-28-56(80-36-42-24-48(32-64-30-42)66-84(5,6)74)46(26-52(58)62)34-70-22-12-10-20-54(70)60(72)68-86(8,77)78/h13-18,23-32,53-54H,9-12,19-22,33-38H2,1-8H3,(H,67,71)(H,68,72)/t53-,54-/m0/s1. The third kappa shape index (κ3) is 18.8. The minimum Gasteiger partial charge on any atom is -0.488 e. The van der Waals surface area contributed by atoms with Crippen molar-refractivity contribution in [2.24, 2.45) is 8.73 Å². The van der Waals surface area contributed by atoms with Crippen LogP contribution < -0.4 is 28.4 Å². The number of carbonyl (C=O) groups excluding carboxylic acids is 2. The Morgan fingerprint density at radius 1 is 0.523 bits per heavy atom. The minimum absolute atomic E-state index is 0.0475. The summed E-state index contributed by atoms with van der Waals surface area (Å²) >= 11 is 14.1. The van der Waals surface area contributed by atoms with Crippen molar-refractivity contribution >= 4 is 85.9 Å². The largest absolute Gasteiger partial charge is 0.488 e. The highest BCUT2D eigenvalue weighted by Gasteiger charge is 2.33. The number of carbonyl (C=O) groups is 2. The summed E-state index contributed by atoms with van der Waals surface area (Å²) in [4.78, 5) is 38.9. The zero-order chi connectivity index (χ0) is 62.1. The van der Waals surface area contributed by atoms with Crippen LogP contribution in [0.5, 0.6) is 23.0 Å². The summed E-state index contributed by atoms with van der Waals surface area (Å²) in [5, 5.41) is 0.588. The molecule has 20 nitrogen and oxygen atoms in total. The summed E-state index contributed by atoms with van der Waals surface area (Å²) in [6.07, 6.45) is 18.4. The maximum Gasteiger partial charge on any atom is 0.250 e. The van der Waals surface area contributed by atoms with Crippen molar-refractivity contribution in [1.82, 2.24) is 29.2 Å². The first-order chi connectivity index (χ1) is 40.5. The Morgan fingerprint density at radius 2 is 0.907 bits per heavy atom. The number of nitrogens with one attached hydrogen (secondary N) is 2. The van der Waals surface area contributed by atoms with Crippen LogP contribution in [0.15, 0.2) is 106 Å². The molecule has 2 aliphatic rings. The van der Waals surface area contributed by atoms with E-state index in [1.165, 1.54) is 37.4 Å². The third-order valence-electron chi connectivity index (χ3n) is 14.3. The zero-order valence-electron chi connectivity index (χ0n) is 49.3. The fourth-order valence-corrected chi connectivity index (χ4v) is 13.1. The van der Waals surface area contributed by atoms with Crippen molar-refractivity contribution in [2.75, 3.05) is 50.6 Å². The molecule has 0 aliphatic carbocycles. The normalized spacial score (nSPS) is 16.2. The molecule has 2 fully saturated rings. The summed E-state index contributed by atoms with van der Waals surface area (Å²) in [5.41, 5.74) is 9.08. The number of nitrogens with zero attached hydrogens (tertiary/aromatic N) is 6. The lowest BCUT2D eigenvalue weighted by Gasteiger charge is -2.34. The van der Waals surface area contributed by atoms with Gasteiger partial charge in [0, 0.05) is 104 Å². The summed E-state index contributed by atoms with van der Waals surface area (Å²) in [5.74, 6) is 0.303. The number of aromatic nitrogens is 2. The van der Waals surface area contributed by atoms with Crippen molar-refractivity contribution in [1.29, 1.82) is 0 Å². The van der Waals surface area contributed by atoms with Crippen molar-refractivity contribution in [3.63, 3.8) is 0 Å². The van der Waals surface area contributed by atoms with E-state index < -0.39 is 63.4 Å². The molecule has 2 amide bonds. The number of rotatable bonds is 23. The third-order valence-corrected chi connectivity index (χ3v) is 17.4. The second kappa shape index (κ2) is 28.2. The van der Waals surface area contributed by atoms with Gasteiger partial charge in [0.2, 0.25) is 20.0 Å². The monoisotopic (exact) mass is 1290 g/mol. The molecule has 86 heavy (non-hydrogen) atoms. The fourth-order valence-electron chi connectivity index (χ4n) is 10.4. The maximum absolute atomic E-state index is 13.3. The molecule has 8 rings (SSSR count). The van der Waals surface area contributed by atoms with E-state index in [4.69, 9.17) is 42.1 Å². The number of likely N-dealkylation sites (tertiary alicyclic amines) is 2. The van der Waals surface area contributed by atoms with E-state index in [-0.39, 0.29) is 39.5 Å². The molecule has 4 aromatic carbocycles. The van der Waals surface area contributed by atoms with Gasteiger partial charge in [0.05, 0.1) is 58.4 Å². The molecule has 0 spiro atoms. The van der Waals surface area contributed by atoms with Gasteiger partial charge in [-0.2, -0.15) is 8.73 Å². The van der Waals surface area contributed by atoms with E-state index >= 15 is 0 Å². The molecule has 2 aromatic heterocycles. The van der Waals surface area contributed by atoms with E-state index in [1.807, 2.05) is 60.0 Å². The quantitative estimate of drug-likeness (QED) is 0.0605. The first kappa shape index (κ1) is 65.6. The minimum atomic E-state index is -3.80. The molecule has 4 heterocycles. The zero-order valence-corrected chi connectivity index (χ0v) is 54.0. The SMILES string of the molecule is Cc1c(COc2cc(OCc3cncc(N=S(C)(C)=O)c3)c(CN3CCCC[C@H]3C(=O)NS(C)(=O)=O)cc2Cl)cccc1-c1cccc(COc2cc(OCc3cncc(N=S(C)(C)=O)c3)c(CN3CCCC[C@H]3C(=O)NS(C)(=O)=O)cc2Cl)c1C. The van der Waals surface area contributed by atoms with Gasteiger partial charge in [0.1, 0.15) is 49.4 Å². The van der Waals surface area contributed by atoms with Crippen LogP contribution in [0, 0.1) is 13.8 Å². The van der Waals surface area contributed by atoms with Gasteiger partial charge in [-0.3, -0.25) is 38.8 Å². The molecule has 0 bridgehead atoms. The molecule has 2 aliphatic heterocycles. The molecule has 6 aromatic rings. The van der Waals surface area contributed by atoms with Gasteiger partial charge in [0.15, 0.2) is 0 Å². The van der Waals surface area contributed by atoms with Crippen LogP contribution in [-0.4, -0.2) is 120 Å². The number of piperidine rings is 2. The van der Waals surface area contributed by atoms with Gasteiger partial charge in [-0.15, -0.1) is 0 Å². The number of hydrogen-bond acceptors (Lipinski definition) is 18. The van der Waals surface area contributed by atoms with Crippen LogP contribution >= 0.6 is 23.2 Å². The van der Waals surface area contributed by atoms with Crippen LogP contribution in [0.1, 0.15) is 83.0 Å². The maximum atomic E-state index is 13.3. The Balaban J connectivity index is 1.03. The van der Waals surface area contributed by atoms with Crippen LogP contribution in [0.4, 0.5) is 11.4 Å². The molecule has 462 valence electrons. The first-order valence-electron chi connectivity index (χ1n) is 27.6. The Labute approximate surface area is 515 Å². The molecule has 26 heteroatoms. The summed E-state index contributed by atoms with van der Waals surface area (Å²) < 4.78 is 112. The smallest absolute Gasteiger partial charge is 0.250 e.